The zero-order valence-corrected chi connectivity index (χ0v) is 16.8. The van der Waals surface area contributed by atoms with Gasteiger partial charge in [-0.3, -0.25) is 0 Å². The van der Waals surface area contributed by atoms with E-state index >= 15 is 0 Å². The van der Waals surface area contributed by atoms with Crippen molar-refractivity contribution in [1.29, 1.82) is 0 Å². The Morgan fingerprint density at radius 1 is 0.750 bits per heavy atom. The van der Waals surface area contributed by atoms with Crippen LogP contribution in [0.5, 0.6) is 0 Å². The molecule has 28 heavy (non-hydrogen) atoms. The van der Waals surface area contributed by atoms with Gasteiger partial charge >= 0.3 is 7.48 Å². The van der Waals surface area contributed by atoms with Crippen LogP contribution in [0, 0.1) is 0 Å². The summed E-state index contributed by atoms with van der Waals surface area (Å²) in [5.41, 5.74) is 2.64. The van der Waals surface area contributed by atoms with Gasteiger partial charge in [0.2, 0.25) is 0 Å². The van der Waals surface area contributed by atoms with Gasteiger partial charge in [0.1, 0.15) is 0 Å². The lowest BCUT2D eigenvalue weighted by Crippen LogP contribution is -2.49. The van der Waals surface area contributed by atoms with Crippen LogP contribution in [0.3, 0.4) is 0 Å². The second kappa shape index (κ2) is 6.80. The number of aromatic nitrogens is 1. The highest BCUT2D eigenvalue weighted by Crippen LogP contribution is 2.31. The van der Waals surface area contributed by atoms with E-state index in [0.717, 1.165) is 22.2 Å². The Labute approximate surface area is 166 Å². The number of rotatable bonds is 5. The zero-order valence-electron chi connectivity index (χ0n) is 16.8. The van der Waals surface area contributed by atoms with Gasteiger partial charge in [-0.05, 0) is 51.4 Å². The molecule has 0 fully saturated rings. The minimum Gasteiger partial charge on any atom is -0.427 e. The number of aliphatic hydroxyl groups is 1. The number of fused-ring (bicyclic) bond motifs is 3. The van der Waals surface area contributed by atoms with Crippen LogP contribution in [0.15, 0.2) is 72.8 Å². The molecule has 0 saturated heterocycles. The standard InChI is InChI=1S/C24H25BNO2/c1-23(2,27)24(3,4)28-25-19-13-7-10-16-22(19)26-20-14-8-5-11-17(20)18-12-6-9-15-21(18)26/h5-16,27H,1-4H3. The van der Waals surface area contributed by atoms with Crippen molar-refractivity contribution in [3.05, 3.63) is 72.8 Å². The van der Waals surface area contributed by atoms with Gasteiger partial charge < -0.3 is 14.3 Å². The minimum atomic E-state index is -0.967. The zero-order chi connectivity index (χ0) is 19.9. The predicted octanol–water partition coefficient (Wildman–Crippen LogP) is 4.59. The summed E-state index contributed by atoms with van der Waals surface area (Å²) in [6, 6.07) is 25.1. The molecule has 1 radical (unpaired) electrons. The molecule has 0 saturated carbocycles. The highest BCUT2D eigenvalue weighted by atomic mass is 16.5. The molecule has 0 aliphatic rings. The molecule has 3 nitrogen and oxygen atoms in total. The average Bonchev–Trinajstić information content (AvgIpc) is 3.00. The molecule has 0 atom stereocenters. The van der Waals surface area contributed by atoms with Gasteiger partial charge in [-0.15, -0.1) is 0 Å². The summed E-state index contributed by atoms with van der Waals surface area (Å²) in [5.74, 6) is 0. The van der Waals surface area contributed by atoms with Crippen molar-refractivity contribution >= 4 is 34.8 Å². The Morgan fingerprint density at radius 3 is 1.82 bits per heavy atom. The molecule has 0 amide bonds. The van der Waals surface area contributed by atoms with E-state index in [0.29, 0.717) is 0 Å². The molecule has 1 heterocycles. The molecule has 0 unspecified atom stereocenters. The van der Waals surface area contributed by atoms with Crippen LogP contribution in [0.4, 0.5) is 0 Å². The highest BCUT2D eigenvalue weighted by Gasteiger charge is 2.36. The van der Waals surface area contributed by atoms with Gasteiger partial charge in [-0.2, -0.15) is 0 Å². The van der Waals surface area contributed by atoms with E-state index in [9.17, 15) is 5.11 Å². The number of nitrogens with zero attached hydrogens (tertiary/aromatic N) is 1. The fourth-order valence-corrected chi connectivity index (χ4v) is 3.33. The number of hydrogen-bond donors (Lipinski definition) is 1. The van der Waals surface area contributed by atoms with Gasteiger partial charge in [0.25, 0.3) is 0 Å². The molecule has 0 aliphatic heterocycles. The molecule has 3 aromatic carbocycles. The van der Waals surface area contributed by atoms with Crippen molar-refractivity contribution in [1.82, 2.24) is 4.57 Å². The van der Waals surface area contributed by atoms with E-state index in [4.69, 9.17) is 4.65 Å². The van der Waals surface area contributed by atoms with Crippen LogP contribution < -0.4 is 5.46 Å². The second-order valence-electron chi connectivity index (χ2n) is 8.23. The van der Waals surface area contributed by atoms with E-state index < -0.39 is 11.2 Å². The first-order chi connectivity index (χ1) is 13.3. The lowest BCUT2D eigenvalue weighted by atomic mass is 9.81. The molecule has 4 aromatic rings. The summed E-state index contributed by atoms with van der Waals surface area (Å²) >= 11 is 0. The summed E-state index contributed by atoms with van der Waals surface area (Å²) < 4.78 is 8.33. The Bertz CT molecular complexity index is 1080. The summed E-state index contributed by atoms with van der Waals surface area (Å²) in [6.45, 7) is 7.32. The fraction of sp³-hybridized carbons (Fsp3) is 0.250. The van der Waals surface area contributed by atoms with Crippen molar-refractivity contribution in [3.63, 3.8) is 0 Å². The lowest BCUT2D eigenvalue weighted by Gasteiger charge is -2.37. The predicted molar refractivity (Wildman–Crippen MR) is 118 cm³/mol. The first kappa shape index (κ1) is 18.8. The van der Waals surface area contributed by atoms with Gasteiger partial charge in [-0.25, -0.2) is 0 Å². The van der Waals surface area contributed by atoms with E-state index in [1.165, 1.54) is 10.8 Å². The van der Waals surface area contributed by atoms with Crippen LogP contribution in [-0.2, 0) is 4.65 Å². The maximum Gasteiger partial charge on any atom is 0.333 e. The smallest absolute Gasteiger partial charge is 0.333 e. The number of hydrogen-bond acceptors (Lipinski definition) is 2. The third kappa shape index (κ3) is 3.13. The molecular weight excluding hydrogens is 345 g/mol. The van der Waals surface area contributed by atoms with Crippen molar-refractivity contribution in [2.24, 2.45) is 0 Å². The maximum absolute atomic E-state index is 10.4. The van der Waals surface area contributed by atoms with E-state index in [2.05, 4.69) is 59.2 Å². The first-order valence-corrected chi connectivity index (χ1v) is 9.60. The Kier molecular flexibility index (Phi) is 4.57. The third-order valence-corrected chi connectivity index (χ3v) is 5.71. The molecule has 0 aliphatic carbocycles. The maximum atomic E-state index is 10.4. The van der Waals surface area contributed by atoms with Crippen LogP contribution in [0.25, 0.3) is 27.5 Å². The number of para-hydroxylation sites is 3. The first-order valence-electron chi connectivity index (χ1n) is 9.60. The topological polar surface area (TPSA) is 34.4 Å². The van der Waals surface area contributed by atoms with Gasteiger partial charge in [0.05, 0.1) is 22.2 Å². The van der Waals surface area contributed by atoms with Crippen LogP contribution in [0.2, 0.25) is 0 Å². The fourth-order valence-electron chi connectivity index (χ4n) is 3.33. The molecule has 1 N–H and O–H groups in total. The SMILES string of the molecule is CC(C)(O)C(C)(C)O[B]c1ccccc1-n1c2ccccc2c2ccccc21. The van der Waals surface area contributed by atoms with E-state index in [1.807, 2.05) is 32.0 Å². The van der Waals surface area contributed by atoms with Gasteiger partial charge in [0, 0.05) is 16.5 Å². The molecule has 1 aromatic heterocycles. The Morgan fingerprint density at radius 2 is 1.25 bits per heavy atom. The van der Waals surface area contributed by atoms with Crippen molar-refractivity contribution < 1.29 is 9.76 Å². The second-order valence-corrected chi connectivity index (χ2v) is 8.23. The summed E-state index contributed by atoms with van der Waals surface area (Å²) in [6.07, 6.45) is 0. The largest absolute Gasteiger partial charge is 0.427 e. The van der Waals surface area contributed by atoms with Crippen LogP contribution >= 0.6 is 0 Å². The third-order valence-electron chi connectivity index (χ3n) is 5.71. The van der Waals surface area contributed by atoms with E-state index in [1.54, 1.807) is 21.3 Å². The molecule has 4 heteroatoms. The lowest BCUT2D eigenvalue weighted by molar-refractivity contribution is -0.0893. The summed E-state index contributed by atoms with van der Waals surface area (Å²) in [4.78, 5) is 0. The van der Waals surface area contributed by atoms with Crippen LogP contribution in [-0.4, -0.2) is 28.4 Å². The minimum absolute atomic E-state index is 0.721. The summed E-state index contributed by atoms with van der Waals surface area (Å²) in [5, 5.41) is 12.9. The Hall–Kier alpha value is -2.56. The van der Waals surface area contributed by atoms with E-state index in [-0.39, 0.29) is 0 Å². The van der Waals surface area contributed by atoms with Gasteiger partial charge in [-0.1, -0.05) is 54.6 Å². The average molecular weight is 370 g/mol. The molecule has 0 spiro atoms. The normalized spacial score (nSPS) is 12.6. The highest BCUT2D eigenvalue weighted by molar-refractivity contribution is 6.49. The Balaban J connectivity index is 1.85. The van der Waals surface area contributed by atoms with Crippen LogP contribution in [0.1, 0.15) is 27.7 Å². The summed E-state index contributed by atoms with van der Waals surface area (Å²) in [7, 11) is 1.76. The van der Waals surface area contributed by atoms with Crippen molar-refractivity contribution in [3.8, 4) is 5.69 Å². The number of benzene rings is 3. The van der Waals surface area contributed by atoms with Crippen molar-refractivity contribution in [2.75, 3.05) is 0 Å². The molecule has 4 rings (SSSR count). The molecule has 0 bridgehead atoms. The monoisotopic (exact) mass is 370 g/mol. The molecular formula is C24H25BNO2. The van der Waals surface area contributed by atoms with Crippen molar-refractivity contribution in [2.45, 2.75) is 38.9 Å². The quantitative estimate of drug-likeness (QED) is 0.521. The molecule has 141 valence electrons. The van der Waals surface area contributed by atoms with Gasteiger partial charge in [0.15, 0.2) is 0 Å².